The van der Waals surface area contributed by atoms with E-state index in [-0.39, 0.29) is 12.0 Å². The highest BCUT2D eigenvalue weighted by Crippen LogP contribution is 2.22. The smallest absolute Gasteiger partial charge is 0.318 e. The van der Waals surface area contributed by atoms with Gasteiger partial charge in [0.25, 0.3) is 0 Å². The van der Waals surface area contributed by atoms with Crippen LogP contribution in [0.3, 0.4) is 0 Å². The summed E-state index contributed by atoms with van der Waals surface area (Å²) in [7, 11) is 0. The highest BCUT2D eigenvalue weighted by Gasteiger charge is 2.27. The SMILES string of the molecule is CC(C)NCc1nnc(N2CCC(O)C(C)C2)o1. The van der Waals surface area contributed by atoms with Crippen molar-refractivity contribution in [1.29, 1.82) is 0 Å². The molecule has 0 amide bonds. The number of anilines is 1. The molecule has 1 saturated heterocycles. The van der Waals surface area contributed by atoms with Gasteiger partial charge in [0.15, 0.2) is 0 Å². The molecule has 6 heteroatoms. The molecule has 6 nitrogen and oxygen atoms in total. The highest BCUT2D eigenvalue weighted by atomic mass is 16.4. The summed E-state index contributed by atoms with van der Waals surface area (Å²) >= 11 is 0. The minimum Gasteiger partial charge on any atom is -0.407 e. The standard InChI is InChI=1S/C12H22N4O2/c1-8(2)13-6-11-14-15-12(18-11)16-5-4-10(17)9(3)7-16/h8-10,13,17H,4-7H2,1-3H3. The monoisotopic (exact) mass is 254 g/mol. The summed E-state index contributed by atoms with van der Waals surface area (Å²) in [4.78, 5) is 2.04. The Morgan fingerprint density at radius 1 is 1.50 bits per heavy atom. The summed E-state index contributed by atoms with van der Waals surface area (Å²) in [5.41, 5.74) is 0. The number of aliphatic hydroxyl groups is 1. The summed E-state index contributed by atoms with van der Waals surface area (Å²) in [6.07, 6.45) is 0.537. The molecule has 1 aromatic rings. The van der Waals surface area contributed by atoms with Gasteiger partial charge < -0.3 is 19.7 Å². The number of hydrogen-bond donors (Lipinski definition) is 2. The van der Waals surface area contributed by atoms with Crippen molar-refractivity contribution >= 4 is 6.01 Å². The van der Waals surface area contributed by atoms with E-state index in [1.165, 1.54) is 0 Å². The lowest BCUT2D eigenvalue weighted by atomic mass is 9.97. The maximum atomic E-state index is 9.69. The molecule has 1 fully saturated rings. The van der Waals surface area contributed by atoms with Crippen LogP contribution in [0.15, 0.2) is 4.42 Å². The van der Waals surface area contributed by atoms with E-state index >= 15 is 0 Å². The molecule has 0 bridgehead atoms. The molecule has 0 radical (unpaired) electrons. The third-order valence-corrected chi connectivity index (χ3v) is 3.25. The summed E-state index contributed by atoms with van der Waals surface area (Å²) < 4.78 is 5.62. The fourth-order valence-electron chi connectivity index (χ4n) is 2.04. The van der Waals surface area contributed by atoms with Crippen molar-refractivity contribution in [3.05, 3.63) is 5.89 Å². The third-order valence-electron chi connectivity index (χ3n) is 3.25. The van der Waals surface area contributed by atoms with Crippen LogP contribution in [0.2, 0.25) is 0 Å². The van der Waals surface area contributed by atoms with Crippen LogP contribution in [0.5, 0.6) is 0 Å². The van der Waals surface area contributed by atoms with Gasteiger partial charge >= 0.3 is 6.01 Å². The molecule has 2 atom stereocenters. The first-order chi connectivity index (χ1) is 8.56. The maximum absolute atomic E-state index is 9.69. The Morgan fingerprint density at radius 3 is 2.94 bits per heavy atom. The van der Waals surface area contributed by atoms with Crippen LogP contribution in [-0.2, 0) is 6.54 Å². The van der Waals surface area contributed by atoms with Crippen molar-refractivity contribution in [2.75, 3.05) is 18.0 Å². The molecule has 102 valence electrons. The quantitative estimate of drug-likeness (QED) is 0.827. The van der Waals surface area contributed by atoms with Crippen molar-refractivity contribution in [3.8, 4) is 0 Å². The molecule has 1 aliphatic rings. The molecule has 0 aliphatic carbocycles. The Labute approximate surface area is 107 Å². The number of aromatic nitrogens is 2. The van der Waals surface area contributed by atoms with Crippen molar-refractivity contribution in [2.24, 2.45) is 5.92 Å². The zero-order valence-electron chi connectivity index (χ0n) is 11.3. The van der Waals surface area contributed by atoms with E-state index in [0.29, 0.717) is 24.5 Å². The van der Waals surface area contributed by atoms with E-state index in [1.54, 1.807) is 0 Å². The molecule has 0 spiro atoms. The van der Waals surface area contributed by atoms with Gasteiger partial charge in [-0.15, -0.1) is 5.10 Å². The fraction of sp³-hybridized carbons (Fsp3) is 0.833. The number of piperidine rings is 1. The lowest BCUT2D eigenvalue weighted by molar-refractivity contribution is 0.0955. The second kappa shape index (κ2) is 5.67. The van der Waals surface area contributed by atoms with Crippen LogP contribution in [0, 0.1) is 5.92 Å². The van der Waals surface area contributed by atoms with Crippen LogP contribution >= 0.6 is 0 Å². The second-order valence-electron chi connectivity index (χ2n) is 5.29. The van der Waals surface area contributed by atoms with E-state index in [9.17, 15) is 5.11 Å². The topological polar surface area (TPSA) is 74.4 Å². The minimum absolute atomic E-state index is 0.216. The molecule has 0 saturated carbocycles. The van der Waals surface area contributed by atoms with Crippen LogP contribution in [0.25, 0.3) is 0 Å². The summed E-state index contributed by atoms with van der Waals surface area (Å²) in [5.74, 6) is 0.848. The van der Waals surface area contributed by atoms with E-state index in [2.05, 4.69) is 29.4 Å². The Balaban J connectivity index is 1.93. The predicted molar refractivity (Wildman–Crippen MR) is 68.3 cm³/mol. The van der Waals surface area contributed by atoms with E-state index in [0.717, 1.165) is 19.5 Å². The number of nitrogens with zero attached hydrogens (tertiary/aromatic N) is 3. The molecule has 1 aromatic heterocycles. The first kappa shape index (κ1) is 13.3. The molecular weight excluding hydrogens is 232 g/mol. The molecule has 0 aromatic carbocycles. The van der Waals surface area contributed by atoms with E-state index < -0.39 is 0 Å². The largest absolute Gasteiger partial charge is 0.407 e. The van der Waals surface area contributed by atoms with Crippen LogP contribution in [0.1, 0.15) is 33.1 Å². The Hall–Kier alpha value is -1.14. The minimum atomic E-state index is -0.216. The molecule has 18 heavy (non-hydrogen) atoms. The molecule has 2 unspecified atom stereocenters. The van der Waals surface area contributed by atoms with Gasteiger partial charge in [-0.05, 0) is 12.3 Å². The first-order valence-electron chi connectivity index (χ1n) is 6.55. The zero-order valence-corrected chi connectivity index (χ0v) is 11.3. The van der Waals surface area contributed by atoms with Crippen molar-refractivity contribution in [1.82, 2.24) is 15.5 Å². The van der Waals surface area contributed by atoms with E-state index in [4.69, 9.17) is 4.42 Å². The van der Waals surface area contributed by atoms with Gasteiger partial charge in [0.2, 0.25) is 5.89 Å². The van der Waals surface area contributed by atoms with Crippen molar-refractivity contribution in [2.45, 2.75) is 45.9 Å². The molecule has 2 rings (SSSR count). The van der Waals surface area contributed by atoms with Crippen LogP contribution < -0.4 is 10.2 Å². The highest BCUT2D eigenvalue weighted by molar-refractivity contribution is 5.25. The average molecular weight is 254 g/mol. The van der Waals surface area contributed by atoms with Crippen molar-refractivity contribution < 1.29 is 9.52 Å². The normalized spacial score (nSPS) is 24.8. The lowest BCUT2D eigenvalue weighted by Gasteiger charge is -2.32. The van der Waals surface area contributed by atoms with Crippen LogP contribution in [-0.4, -0.2) is 40.5 Å². The summed E-state index contributed by atoms with van der Waals surface area (Å²) in [5, 5.41) is 21.0. The van der Waals surface area contributed by atoms with Crippen molar-refractivity contribution in [3.63, 3.8) is 0 Å². The Bertz CT molecular complexity index is 380. The lowest BCUT2D eigenvalue weighted by Crippen LogP contribution is -2.42. The number of aliphatic hydroxyl groups excluding tert-OH is 1. The fourth-order valence-corrected chi connectivity index (χ4v) is 2.04. The third kappa shape index (κ3) is 3.20. The van der Waals surface area contributed by atoms with Crippen LogP contribution in [0.4, 0.5) is 6.01 Å². The average Bonchev–Trinajstić information content (AvgIpc) is 2.79. The Morgan fingerprint density at radius 2 is 2.28 bits per heavy atom. The number of hydrogen-bond acceptors (Lipinski definition) is 6. The van der Waals surface area contributed by atoms with Gasteiger partial charge in [-0.25, -0.2) is 0 Å². The summed E-state index contributed by atoms with van der Waals surface area (Å²) in [6.45, 7) is 8.31. The second-order valence-corrected chi connectivity index (χ2v) is 5.29. The van der Waals surface area contributed by atoms with Gasteiger partial charge in [-0.3, -0.25) is 0 Å². The number of nitrogens with one attached hydrogen (secondary N) is 1. The van der Waals surface area contributed by atoms with Gasteiger partial charge in [0.1, 0.15) is 0 Å². The molecule has 2 heterocycles. The van der Waals surface area contributed by atoms with Gasteiger partial charge in [-0.1, -0.05) is 25.9 Å². The van der Waals surface area contributed by atoms with Gasteiger partial charge in [0, 0.05) is 19.1 Å². The molecular formula is C12H22N4O2. The van der Waals surface area contributed by atoms with Gasteiger partial charge in [0.05, 0.1) is 12.6 Å². The Kier molecular flexibility index (Phi) is 4.19. The number of rotatable bonds is 4. The predicted octanol–water partition coefficient (Wildman–Crippen LogP) is 0.775. The molecule has 2 N–H and O–H groups in total. The molecule has 1 aliphatic heterocycles. The first-order valence-corrected chi connectivity index (χ1v) is 6.55. The summed E-state index contributed by atoms with van der Waals surface area (Å²) in [6, 6.07) is 0.958. The van der Waals surface area contributed by atoms with Gasteiger partial charge in [-0.2, -0.15) is 0 Å². The zero-order chi connectivity index (χ0) is 13.1. The maximum Gasteiger partial charge on any atom is 0.318 e. The van der Waals surface area contributed by atoms with E-state index in [1.807, 2.05) is 11.8 Å².